The van der Waals surface area contributed by atoms with E-state index in [0.717, 1.165) is 32.1 Å². The second-order valence-corrected chi connectivity index (χ2v) is 7.73. The van der Waals surface area contributed by atoms with Gasteiger partial charge in [-0.25, -0.2) is 4.79 Å². The smallest absolute Gasteiger partial charge is 0.408 e. The van der Waals surface area contributed by atoms with Crippen LogP contribution in [0, 0.1) is 5.41 Å². The standard InChI is InChI=1S/C16H30N2O4/c1-14(2,3)22-13(20)18-16(8-9-21-11-16)15(10-17)6-4-12(19)5-7-15/h12,19H,4-11,17H2,1-3H3,(H,18,20). The molecule has 0 aromatic carbocycles. The molecule has 6 nitrogen and oxygen atoms in total. The zero-order valence-electron chi connectivity index (χ0n) is 14.0. The maximum atomic E-state index is 12.3. The van der Waals surface area contributed by atoms with Crippen molar-refractivity contribution in [1.29, 1.82) is 0 Å². The second kappa shape index (κ2) is 6.34. The topological polar surface area (TPSA) is 93.8 Å². The van der Waals surface area contributed by atoms with E-state index in [2.05, 4.69) is 5.32 Å². The molecule has 4 N–H and O–H groups in total. The van der Waals surface area contributed by atoms with Gasteiger partial charge in [-0.2, -0.15) is 0 Å². The quantitative estimate of drug-likeness (QED) is 0.735. The fourth-order valence-electron chi connectivity index (χ4n) is 3.75. The molecule has 1 atom stereocenters. The van der Waals surface area contributed by atoms with E-state index in [-0.39, 0.29) is 11.5 Å². The lowest BCUT2D eigenvalue weighted by atomic mass is 9.60. The van der Waals surface area contributed by atoms with Crippen LogP contribution in [0.2, 0.25) is 0 Å². The van der Waals surface area contributed by atoms with Crippen molar-refractivity contribution in [1.82, 2.24) is 5.32 Å². The summed E-state index contributed by atoms with van der Waals surface area (Å²) in [6.45, 7) is 7.08. The molecule has 22 heavy (non-hydrogen) atoms. The molecule has 0 bridgehead atoms. The molecule has 128 valence electrons. The monoisotopic (exact) mass is 314 g/mol. The molecule has 1 aliphatic carbocycles. The Morgan fingerprint density at radius 2 is 2.00 bits per heavy atom. The maximum absolute atomic E-state index is 12.3. The summed E-state index contributed by atoms with van der Waals surface area (Å²) in [4.78, 5) is 12.3. The number of ether oxygens (including phenoxy) is 2. The molecule has 0 aromatic heterocycles. The lowest BCUT2D eigenvalue weighted by molar-refractivity contribution is -0.0157. The van der Waals surface area contributed by atoms with Crippen LogP contribution in [0.5, 0.6) is 0 Å². The summed E-state index contributed by atoms with van der Waals surface area (Å²) in [6, 6.07) is 0. The number of amides is 1. The van der Waals surface area contributed by atoms with Crippen LogP contribution in [0.25, 0.3) is 0 Å². The van der Waals surface area contributed by atoms with Crippen molar-refractivity contribution in [3.8, 4) is 0 Å². The molecule has 2 aliphatic rings. The van der Waals surface area contributed by atoms with Gasteiger partial charge in [0.1, 0.15) is 5.60 Å². The number of alkyl carbamates (subject to hydrolysis) is 1. The summed E-state index contributed by atoms with van der Waals surface area (Å²) in [5.74, 6) is 0. The molecule has 1 unspecified atom stereocenters. The predicted octanol–water partition coefficient (Wildman–Crippen LogP) is 1.55. The molecule has 0 radical (unpaired) electrons. The fourth-order valence-corrected chi connectivity index (χ4v) is 3.75. The highest BCUT2D eigenvalue weighted by Crippen LogP contribution is 2.48. The lowest BCUT2D eigenvalue weighted by Crippen LogP contribution is -2.64. The first-order valence-electron chi connectivity index (χ1n) is 8.19. The zero-order chi connectivity index (χ0) is 16.4. The number of aliphatic hydroxyl groups excluding tert-OH is 1. The van der Waals surface area contributed by atoms with E-state index in [9.17, 15) is 9.90 Å². The van der Waals surface area contributed by atoms with Crippen molar-refractivity contribution < 1.29 is 19.4 Å². The maximum Gasteiger partial charge on any atom is 0.408 e. The largest absolute Gasteiger partial charge is 0.444 e. The predicted molar refractivity (Wildman–Crippen MR) is 83.5 cm³/mol. The van der Waals surface area contributed by atoms with Gasteiger partial charge in [0.2, 0.25) is 0 Å². The molecule has 2 rings (SSSR count). The van der Waals surface area contributed by atoms with E-state index in [1.165, 1.54) is 0 Å². The van der Waals surface area contributed by atoms with E-state index < -0.39 is 17.2 Å². The summed E-state index contributed by atoms with van der Waals surface area (Å²) in [5, 5.41) is 12.9. The van der Waals surface area contributed by atoms with Crippen LogP contribution in [0.1, 0.15) is 52.9 Å². The van der Waals surface area contributed by atoms with Gasteiger partial charge < -0.3 is 25.6 Å². The lowest BCUT2D eigenvalue weighted by Gasteiger charge is -2.50. The molecule has 1 saturated carbocycles. The highest BCUT2D eigenvalue weighted by Gasteiger charge is 2.55. The van der Waals surface area contributed by atoms with Gasteiger partial charge in [0.25, 0.3) is 0 Å². The third-order valence-electron chi connectivity index (χ3n) is 5.08. The molecule has 1 aliphatic heterocycles. The molecule has 1 amide bonds. The van der Waals surface area contributed by atoms with Crippen LogP contribution in [0.3, 0.4) is 0 Å². The van der Waals surface area contributed by atoms with E-state index in [1.54, 1.807) is 0 Å². The number of carbonyl (C=O) groups excluding carboxylic acids is 1. The highest BCUT2D eigenvalue weighted by molar-refractivity contribution is 5.69. The second-order valence-electron chi connectivity index (χ2n) is 7.73. The Balaban J connectivity index is 2.18. The molecule has 0 spiro atoms. The summed E-state index contributed by atoms with van der Waals surface area (Å²) in [6.07, 6.45) is 3.08. The Kier molecular flexibility index (Phi) is 5.04. The average Bonchev–Trinajstić information content (AvgIpc) is 2.87. The number of nitrogens with two attached hydrogens (primary N) is 1. The van der Waals surface area contributed by atoms with Crippen molar-refractivity contribution >= 4 is 6.09 Å². The van der Waals surface area contributed by atoms with Crippen molar-refractivity contribution in [3.63, 3.8) is 0 Å². The van der Waals surface area contributed by atoms with E-state index in [4.69, 9.17) is 15.2 Å². The van der Waals surface area contributed by atoms with Gasteiger partial charge in [-0.1, -0.05) is 0 Å². The summed E-state index contributed by atoms with van der Waals surface area (Å²) in [5.41, 5.74) is 4.85. The van der Waals surface area contributed by atoms with Crippen molar-refractivity contribution in [2.45, 2.75) is 70.1 Å². The minimum Gasteiger partial charge on any atom is -0.444 e. The number of hydrogen-bond acceptors (Lipinski definition) is 5. The molecule has 0 aromatic rings. The van der Waals surface area contributed by atoms with Crippen LogP contribution < -0.4 is 11.1 Å². The zero-order valence-corrected chi connectivity index (χ0v) is 14.0. The van der Waals surface area contributed by atoms with Gasteiger partial charge >= 0.3 is 6.09 Å². The molecular weight excluding hydrogens is 284 g/mol. The highest BCUT2D eigenvalue weighted by atomic mass is 16.6. The van der Waals surface area contributed by atoms with Gasteiger partial charge in [-0.15, -0.1) is 0 Å². The molecular formula is C16H30N2O4. The summed E-state index contributed by atoms with van der Waals surface area (Å²) in [7, 11) is 0. The third-order valence-corrected chi connectivity index (χ3v) is 5.08. The van der Waals surface area contributed by atoms with Crippen LogP contribution in [0.15, 0.2) is 0 Å². The van der Waals surface area contributed by atoms with Gasteiger partial charge in [0.15, 0.2) is 0 Å². The fraction of sp³-hybridized carbons (Fsp3) is 0.938. The number of nitrogens with one attached hydrogen (secondary N) is 1. The third kappa shape index (κ3) is 3.55. The van der Waals surface area contributed by atoms with E-state index in [0.29, 0.717) is 19.8 Å². The first kappa shape index (κ1) is 17.5. The Bertz CT molecular complexity index is 391. The number of aliphatic hydroxyl groups is 1. The van der Waals surface area contributed by atoms with E-state index >= 15 is 0 Å². The van der Waals surface area contributed by atoms with Crippen molar-refractivity contribution in [3.05, 3.63) is 0 Å². The SMILES string of the molecule is CC(C)(C)OC(=O)NC1(C2(CN)CCC(O)CC2)CCOC1. The summed E-state index contributed by atoms with van der Waals surface area (Å²) >= 11 is 0. The van der Waals surface area contributed by atoms with Crippen LogP contribution >= 0.6 is 0 Å². The first-order chi connectivity index (χ1) is 10.2. The first-order valence-corrected chi connectivity index (χ1v) is 8.19. The van der Waals surface area contributed by atoms with E-state index in [1.807, 2.05) is 20.8 Å². The number of rotatable bonds is 3. The van der Waals surface area contributed by atoms with Gasteiger partial charge in [0.05, 0.1) is 18.2 Å². The number of hydrogen-bond donors (Lipinski definition) is 3. The Morgan fingerprint density at radius 1 is 1.36 bits per heavy atom. The Morgan fingerprint density at radius 3 is 2.45 bits per heavy atom. The minimum atomic E-state index is -0.538. The van der Waals surface area contributed by atoms with Crippen molar-refractivity contribution in [2.24, 2.45) is 11.1 Å². The summed E-state index contributed by atoms with van der Waals surface area (Å²) < 4.78 is 11.0. The molecule has 1 heterocycles. The van der Waals surface area contributed by atoms with Crippen LogP contribution in [-0.2, 0) is 9.47 Å². The van der Waals surface area contributed by atoms with Gasteiger partial charge in [-0.05, 0) is 52.9 Å². The average molecular weight is 314 g/mol. The molecule has 2 fully saturated rings. The van der Waals surface area contributed by atoms with Gasteiger partial charge in [-0.3, -0.25) is 0 Å². The Labute approximate surface area is 132 Å². The molecule has 1 saturated heterocycles. The molecule has 6 heteroatoms. The minimum absolute atomic E-state index is 0.236. The van der Waals surface area contributed by atoms with Crippen LogP contribution in [-0.4, -0.2) is 48.2 Å². The van der Waals surface area contributed by atoms with Gasteiger partial charge in [0, 0.05) is 18.6 Å². The Hall–Kier alpha value is -0.850. The number of carbonyl (C=O) groups is 1. The van der Waals surface area contributed by atoms with Crippen LogP contribution in [0.4, 0.5) is 4.79 Å². The van der Waals surface area contributed by atoms with Crippen molar-refractivity contribution in [2.75, 3.05) is 19.8 Å². The normalized spacial score (nSPS) is 36.1.